The lowest BCUT2D eigenvalue weighted by molar-refractivity contribution is -0.00100. The van der Waals surface area contributed by atoms with E-state index in [1.54, 1.807) is 0 Å². The van der Waals surface area contributed by atoms with Gasteiger partial charge in [-0.25, -0.2) is 0 Å². The van der Waals surface area contributed by atoms with Crippen LogP contribution in [0.1, 0.15) is 25.8 Å². The molecule has 0 unspecified atom stereocenters. The Hall–Kier alpha value is -0.480. The Morgan fingerprint density at radius 1 is 1.10 bits per heavy atom. The molecule has 0 saturated heterocycles. The molecule has 1 rings (SSSR count). The van der Waals surface area contributed by atoms with Crippen molar-refractivity contribution >= 4 is 5.69 Å². The third-order valence-electron chi connectivity index (χ3n) is 2.73. The minimum Gasteiger partial charge on any atom is -1.00 e. The summed E-state index contributed by atoms with van der Waals surface area (Å²) in [4.78, 5) is 2.11. The van der Waals surface area contributed by atoms with Crippen LogP contribution in [0.5, 0.6) is 0 Å². The zero-order valence-corrected chi connectivity index (χ0v) is 14.3. The summed E-state index contributed by atoms with van der Waals surface area (Å²) < 4.78 is 5.49. The van der Waals surface area contributed by atoms with E-state index < -0.39 is 0 Å². The van der Waals surface area contributed by atoms with E-state index in [-0.39, 0.29) is 24.8 Å². The topological polar surface area (TPSA) is 24.5 Å². The van der Waals surface area contributed by atoms with Crippen molar-refractivity contribution < 1.29 is 29.6 Å². The zero-order chi connectivity index (χ0) is 13.4. The standard InChI is InChI=1S/C15H26N2O.2ClH/c1-13(2)18-11-5-10-16-12-14-6-8-15(9-7-14)17(3)4;;/h6-9,13,16H,5,10-12H2,1-4H3;2*1H/p-2. The van der Waals surface area contributed by atoms with Crippen LogP contribution in [0.4, 0.5) is 5.69 Å². The van der Waals surface area contributed by atoms with Crippen LogP contribution in [0, 0.1) is 0 Å². The second-order valence-electron chi connectivity index (χ2n) is 5.01. The summed E-state index contributed by atoms with van der Waals surface area (Å²) in [6, 6.07) is 8.65. The third kappa shape index (κ3) is 9.43. The van der Waals surface area contributed by atoms with Gasteiger partial charge in [0, 0.05) is 32.9 Å². The fourth-order valence-corrected chi connectivity index (χ4v) is 1.66. The Bertz CT molecular complexity index is 329. The number of rotatable bonds is 8. The number of benzene rings is 1. The van der Waals surface area contributed by atoms with Crippen molar-refractivity contribution in [1.82, 2.24) is 5.32 Å². The monoisotopic (exact) mass is 320 g/mol. The lowest BCUT2D eigenvalue weighted by atomic mass is 10.2. The molecule has 20 heavy (non-hydrogen) atoms. The molecule has 1 N–H and O–H groups in total. The predicted molar refractivity (Wildman–Crippen MR) is 78.2 cm³/mol. The Labute approximate surface area is 135 Å². The van der Waals surface area contributed by atoms with E-state index in [0.29, 0.717) is 6.10 Å². The zero-order valence-electron chi connectivity index (χ0n) is 12.8. The molecule has 0 bridgehead atoms. The smallest absolute Gasteiger partial charge is 0.0518 e. The molecule has 0 aromatic heterocycles. The van der Waals surface area contributed by atoms with Crippen molar-refractivity contribution in [1.29, 1.82) is 0 Å². The minimum absolute atomic E-state index is 0. The van der Waals surface area contributed by atoms with E-state index in [1.165, 1.54) is 11.3 Å². The predicted octanol–water partition coefficient (Wildman–Crippen LogP) is -3.33. The molecule has 1 aromatic carbocycles. The highest BCUT2D eigenvalue weighted by atomic mass is 35.5. The van der Waals surface area contributed by atoms with Crippen LogP contribution in [0.25, 0.3) is 0 Å². The summed E-state index contributed by atoms with van der Waals surface area (Å²) in [5, 5.41) is 3.43. The molecular weight excluding hydrogens is 295 g/mol. The van der Waals surface area contributed by atoms with Gasteiger partial charge in [0.2, 0.25) is 0 Å². The van der Waals surface area contributed by atoms with Crippen molar-refractivity contribution in [3.05, 3.63) is 29.8 Å². The van der Waals surface area contributed by atoms with Crippen molar-refractivity contribution in [2.45, 2.75) is 32.9 Å². The largest absolute Gasteiger partial charge is 1.00 e. The van der Waals surface area contributed by atoms with Gasteiger partial charge in [0.05, 0.1) is 6.10 Å². The maximum atomic E-state index is 5.49. The molecule has 0 aliphatic carbocycles. The Morgan fingerprint density at radius 3 is 2.20 bits per heavy atom. The number of nitrogens with zero attached hydrogens (tertiary/aromatic N) is 1. The van der Waals surface area contributed by atoms with Gasteiger partial charge in [0.1, 0.15) is 0 Å². The molecule has 5 heteroatoms. The molecule has 0 fully saturated rings. The Kier molecular flexibility index (Phi) is 13.4. The number of ether oxygens (including phenoxy) is 1. The van der Waals surface area contributed by atoms with Crippen LogP contribution in [-0.4, -0.2) is 33.4 Å². The van der Waals surface area contributed by atoms with E-state index in [2.05, 4.69) is 62.4 Å². The summed E-state index contributed by atoms with van der Waals surface area (Å²) in [6.07, 6.45) is 1.40. The van der Waals surface area contributed by atoms with Gasteiger partial charge in [0.25, 0.3) is 0 Å². The van der Waals surface area contributed by atoms with Gasteiger partial charge in [-0.05, 0) is 44.5 Å². The van der Waals surface area contributed by atoms with E-state index in [1.807, 2.05) is 0 Å². The molecule has 3 nitrogen and oxygen atoms in total. The van der Waals surface area contributed by atoms with Gasteiger partial charge < -0.3 is 39.8 Å². The van der Waals surface area contributed by atoms with Crippen molar-refractivity contribution in [2.24, 2.45) is 0 Å². The minimum atomic E-state index is 0. The molecular formula is C15H26Cl2N2O-2. The molecule has 0 heterocycles. The summed E-state index contributed by atoms with van der Waals surface area (Å²) in [5.74, 6) is 0. The SMILES string of the molecule is CC(C)OCCCNCc1ccc(N(C)C)cc1.[Cl-].[Cl-]. The van der Waals surface area contributed by atoms with Crippen LogP contribution in [0.15, 0.2) is 24.3 Å². The molecule has 0 saturated carbocycles. The number of halogens is 2. The number of nitrogens with one attached hydrogen (secondary N) is 1. The van der Waals surface area contributed by atoms with E-state index in [9.17, 15) is 0 Å². The average Bonchev–Trinajstić information content (AvgIpc) is 2.34. The number of hydrogen-bond acceptors (Lipinski definition) is 3. The second-order valence-corrected chi connectivity index (χ2v) is 5.01. The summed E-state index contributed by atoms with van der Waals surface area (Å²) >= 11 is 0. The molecule has 0 radical (unpaired) electrons. The third-order valence-corrected chi connectivity index (χ3v) is 2.73. The van der Waals surface area contributed by atoms with Crippen molar-refractivity contribution in [3.8, 4) is 0 Å². The number of hydrogen-bond donors (Lipinski definition) is 1. The molecule has 0 amide bonds. The van der Waals surface area contributed by atoms with E-state index in [0.717, 1.165) is 26.1 Å². The van der Waals surface area contributed by atoms with Gasteiger partial charge in [-0.15, -0.1) is 0 Å². The second kappa shape index (κ2) is 12.3. The molecule has 0 aliphatic rings. The van der Waals surface area contributed by atoms with Crippen LogP contribution in [-0.2, 0) is 11.3 Å². The van der Waals surface area contributed by atoms with Crippen LogP contribution >= 0.6 is 0 Å². The fraction of sp³-hybridized carbons (Fsp3) is 0.600. The Morgan fingerprint density at radius 2 is 1.70 bits per heavy atom. The normalized spacial score (nSPS) is 9.85. The lowest BCUT2D eigenvalue weighted by Crippen LogP contribution is -3.00. The van der Waals surface area contributed by atoms with E-state index in [4.69, 9.17) is 4.74 Å². The van der Waals surface area contributed by atoms with Crippen LogP contribution in [0.3, 0.4) is 0 Å². The highest BCUT2D eigenvalue weighted by Gasteiger charge is 1.97. The lowest BCUT2D eigenvalue weighted by Gasteiger charge is -2.13. The molecule has 118 valence electrons. The molecule has 0 aliphatic heterocycles. The van der Waals surface area contributed by atoms with Gasteiger partial charge in [-0.2, -0.15) is 0 Å². The first-order chi connectivity index (χ1) is 8.59. The first kappa shape index (κ1) is 21.8. The quantitative estimate of drug-likeness (QED) is 0.507. The highest BCUT2D eigenvalue weighted by Crippen LogP contribution is 2.11. The van der Waals surface area contributed by atoms with Crippen LogP contribution < -0.4 is 35.0 Å². The summed E-state index contributed by atoms with van der Waals surface area (Å²) in [7, 11) is 4.12. The van der Waals surface area contributed by atoms with Gasteiger partial charge in [-0.3, -0.25) is 0 Å². The maximum Gasteiger partial charge on any atom is 0.0518 e. The fourth-order valence-electron chi connectivity index (χ4n) is 1.66. The summed E-state index contributed by atoms with van der Waals surface area (Å²) in [6.45, 7) is 6.90. The first-order valence-corrected chi connectivity index (χ1v) is 6.68. The van der Waals surface area contributed by atoms with Gasteiger partial charge in [0.15, 0.2) is 0 Å². The summed E-state index contributed by atoms with van der Waals surface area (Å²) in [5.41, 5.74) is 2.56. The Balaban J connectivity index is 0. The molecule has 0 atom stereocenters. The van der Waals surface area contributed by atoms with Crippen molar-refractivity contribution in [2.75, 3.05) is 32.1 Å². The van der Waals surface area contributed by atoms with Crippen LogP contribution in [0.2, 0.25) is 0 Å². The van der Waals surface area contributed by atoms with E-state index >= 15 is 0 Å². The molecule has 0 spiro atoms. The van der Waals surface area contributed by atoms with Gasteiger partial charge >= 0.3 is 0 Å². The maximum absolute atomic E-state index is 5.49. The number of anilines is 1. The van der Waals surface area contributed by atoms with Crippen molar-refractivity contribution in [3.63, 3.8) is 0 Å². The average molecular weight is 321 g/mol. The van der Waals surface area contributed by atoms with Gasteiger partial charge in [-0.1, -0.05) is 12.1 Å². The highest BCUT2D eigenvalue weighted by molar-refractivity contribution is 5.45. The molecule has 1 aromatic rings. The first-order valence-electron chi connectivity index (χ1n) is 6.68.